The Morgan fingerprint density at radius 3 is 2.25 bits per heavy atom. The molecule has 0 spiro atoms. The van der Waals surface area contributed by atoms with E-state index in [1.807, 2.05) is 82.7 Å². The molecule has 0 amide bonds. The standard InChI is InChI=1S/C20H17N3O/c1-14(24)20-18(16-9-5-3-6-10-16)13-19-21-23(15(2)22(19)20)17-11-7-4-8-12-17/h3-13H,1-2H3. The monoisotopic (exact) mass is 315 g/mol. The van der Waals surface area contributed by atoms with Crippen LogP contribution in [-0.2, 0) is 0 Å². The van der Waals surface area contributed by atoms with Crippen LogP contribution in [0.25, 0.3) is 28.2 Å². The number of benzene rings is 2. The predicted octanol–water partition coefficient (Wildman–Crippen LogP) is 1.79. The molecule has 4 heteroatoms. The van der Waals surface area contributed by atoms with Crippen molar-refractivity contribution in [3.63, 3.8) is 0 Å². The van der Waals surface area contributed by atoms with Gasteiger partial charge in [0.25, 0.3) is 11.5 Å². The molecule has 0 saturated heterocycles. The predicted molar refractivity (Wildman–Crippen MR) is 91.2 cm³/mol. The fourth-order valence-corrected chi connectivity index (χ4v) is 3.17. The zero-order valence-corrected chi connectivity index (χ0v) is 13.6. The molecule has 0 saturated carbocycles. The quantitative estimate of drug-likeness (QED) is 0.529. The molecule has 4 rings (SSSR count). The average Bonchev–Trinajstić information content (AvgIpc) is 3.14. The summed E-state index contributed by atoms with van der Waals surface area (Å²) in [6.45, 7) is 3.59. The third-order valence-electron chi connectivity index (χ3n) is 4.23. The zero-order chi connectivity index (χ0) is 16.7. The molecule has 0 N–H and O–H groups in total. The van der Waals surface area contributed by atoms with E-state index in [1.165, 1.54) is 0 Å². The maximum absolute atomic E-state index is 12.4. The van der Waals surface area contributed by atoms with E-state index in [4.69, 9.17) is 5.10 Å². The minimum absolute atomic E-state index is 0.0320. The smallest absolute Gasteiger partial charge is 0.286 e. The van der Waals surface area contributed by atoms with Crippen LogP contribution in [0.3, 0.4) is 0 Å². The van der Waals surface area contributed by atoms with Gasteiger partial charge in [-0.25, -0.2) is 0 Å². The number of aromatic nitrogens is 3. The number of hydrogen-bond acceptors (Lipinski definition) is 2. The van der Waals surface area contributed by atoms with Gasteiger partial charge in [0.05, 0.1) is 0 Å². The Balaban J connectivity index is 2.04. The van der Waals surface area contributed by atoms with Crippen LogP contribution < -0.4 is 15.1 Å². The van der Waals surface area contributed by atoms with E-state index in [1.54, 1.807) is 6.92 Å². The zero-order valence-electron chi connectivity index (χ0n) is 13.6. The molecule has 4 aromatic rings. The summed E-state index contributed by atoms with van der Waals surface area (Å²) < 4.78 is 3.81. The Bertz CT molecular complexity index is 1060. The van der Waals surface area contributed by atoms with Crippen molar-refractivity contribution in [2.24, 2.45) is 0 Å². The number of para-hydroxylation sites is 1. The Hall–Kier alpha value is -3.14. The second-order valence-electron chi connectivity index (χ2n) is 5.82. The molecule has 2 aromatic carbocycles. The fraction of sp³-hybridized carbons (Fsp3) is 0.100. The van der Waals surface area contributed by atoms with Crippen molar-refractivity contribution < 1.29 is 9.79 Å². The second kappa shape index (κ2) is 5.49. The fourth-order valence-electron chi connectivity index (χ4n) is 3.17. The number of fused-ring (bicyclic) bond motifs is 1. The minimum Gasteiger partial charge on any atom is -0.873 e. The van der Waals surface area contributed by atoms with E-state index < -0.39 is 0 Å². The van der Waals surface area contributed by atoms with E-state index in [9.17, 15) is 5.11 Å². The van der Waals surface area contributed by atoms with Gasteiger partial charge in [-0.2, -0.15) is 4.40 Å². The highest BCUT2D eigenvalue weighted by Gasteiger charge is 2.22. The molecule has 0 atom stereocenters. The summed E-state index contributed by atoms with van der Waals surface area (Å²) in [6.07, 6.45) is 0. The van der Waals surface area contributed by atoms with Gasteiger partial charge in [-0.15, -0.1) is 0 Å². The van der Waals surface area contributed by atoms with Gasteiger partial charge in [0.2, 0.25) is 0 Å². The molecule has 0 radical (unpaired) electrons. The minimum atomic E-state index is 0.0320. The first-order chi connectivity index (χ1) is 11.7. The van der Waals surface area contributed by atoms with Gasteiger partial charge in [0.15, 0.2) is 5.69 Å². The SMILES string of the molecule is C/C([O-])=c1\c(-c2ccccc2)cc2n[n+](-c3ccccc3)c(C)n12. The second-order valence-corrected chi connectivity index (χ2v) is 5.82. The Kier molecular flexibility index (Phi) is 3.31. The van der Waals surface area contributed by atoms with Crippen molar-refractivity contribution in [2.45, 2.75) is 13.8 Å². The van der Waals surface area contributed by atoms with Crippen LogP contribution in [0.4, 0.5) is 0 Å². The first-order valence-corrected chi connectivity index (χ1v) is 7.89. The van der Waals surface area contributed by atoms with Gasteiger partial charge < -0.3 is 5.11 Å². The summed E-state index contributed by atoms with van der Waals surface area (Å²) in [5, 5.41) is 17.7. The van der Waals surface area contributed by atoms with Crippen LogP contribution >= 0.6 is 0 Å². The van der Waals surface area contributed by atoms with Crippen LogP contribution in [0.15, 0.2) is 66.7 Å². The molecule has 2 aromatic heterocycles. The van der Waals surface area contributed by atoms with Crippen LogP contribution in [0.2, 0.25) is 0 Å². The summed E-state index contributed by atoms with van der Waals surface area (Å²) >= 11 is 0. The molecular weight excluding hydrogens is 298 g/mol. The van der Waals surface area contributed by atoms with E-state index >= 15 is 0 Å². The summed E-state index contributed by atoms with van der Waals surface area (Å²) in [5.41, 5.74) is 3.71. The van der Waals surface area contributed by atoms with Gasteiger partial charge >= 0.3 is 0 Å². The highest BCUT2D eigenvalue weighted by molar-refractivity contribution is 5.70. The lowest BCUT2D eigenvalue weighted by atomic mass is 10.1. The van der Waals surface area contributed by atoms with E-state index in [0.29, 0.717) is 5.35 Å². The van der Waals surface area contributed by atoms with Crippen LogP contribution in [0, 0.1) is 6.92 Å². The highest BCUT2D eigenvalue weighted by atomic mass is 16.3. The summed E-state index contributed by atoms with van der Waals surface area (Å²) in [6, 6.07) is 21.9. The van der Waals surface area contributed by atoms with Gasteiger partial charge in [0, 0.05) is 18.6 Å². The molecular formula is C20H17N3O. The van der Waals surface area contributed by atoms with Crippen LogP contribution in [-0.4, -0.2) is 9.50 Å². The Morgan fingerprint density at radius 1 is 1.00 bits per heavy atom. The number of nitrogens with zero attached hydrogens (tertiary/aromatic N) is 3. The lowest BCUT2D eigenvalue weighted by Gasteiger charge is -2.04. The van der Waals surface area contributed by atoms with E-state index in [-0.39, 0.29) is 5.76 Å². The van der Waals surface area contributed by atoms with Crippen molar-refractivity contribution >= 4 is 11.4 Å². The van der Waals surface area contributed by atoms with E-state index in [2.05, 4.69) is 0 Å². The van der Waals surface area contributed by atoms with Gasteiger partial charge in [-0.1, -0.05) is 65.9 Å². The molecule has 2 heterocycles. The maximum atomic E-state index is 12.4. The Morgan fingerprint density at radius 2 is 1.62 bits per heavy atom. The largest absolute Gasteiger partial charge is 0.873 e. The normalized spacial score (nSPS) is 12.6. The highest BCUT2D eigenvalue weighted by Crippen LogP contribution is 2.18. The topological polar surface area (TPSA) is 44.2 Å². The van der Waals surface area contributed by atoms with Crippen molar-refractivity contribution in [2.75, 3.05) is 0 Å². The first-order valence-electron chi connectivity index (χ1n) is 7.89. The first kappa shape index (κ1) is 14.5. The molecule has 0 fully saturated rings. The molecule has 0 bridgehead atoms. The van der Waals surface area contributed by atoms with Gasteiger partial charge in [-0.3, -0.25) is 0 Å². The molecule has 118 valence electrons. The van der Waals surface area contributed by atoms with Crippen LogP contribution in [0.5, 0.6) is 0 Å². The lowest BCUT2D eigenvalue weighted by molar-refractivity contribution is -0.662. The third-order valence-corrected chi connectivity index (χ3v) is 4.23. The molecule has 0 unspecified atom stereocenters. The van der Waals surface area contributed by atoms with E-state index in [0.717, 1.165) is 28.3 Å². The number of rotatable bonds is 2. The van der Waals surface area contributed by atoms with Crippen LogP contribution in [0.1, 0.15) is 12.7 Å². The van der Waals surface area contributed by atoms with Crippen molar-refractivity contribution in [3.8, 4) is 16.8 Å². The molecule has 0 aliphatic carbocycles. The Labute approximate surface area is 139 Å². The molecule has 0 aliphatic rings. The summed E-state index contributed by atoms with van der Waals surface area (Å²) in [4.78, 5) is 0. The summed E-state index contributed by atoms with van der Waals surface area (Å²) in [5.74, 6) is 0.938. The van der Waals surface area contributed by atoms with Crippen molar-refractivity contribution in [1.29, 1.82) is 0 Å². The maximum Gasteiger partial charge on any atom is 0.286 e. The molecule has 24 heavy (non-hydrogen) atoms. The van der Waals surface area contributed by atoms with Crippen molar-refractivity contribution in [3.05, 3.63) is 77.9 Å². The van der Waals surface area contributed by atoms with Gasteiger partial charge in [-0.05, 0) is 22.8 Å². The lowest BCUT2D eigenvalue weighted by Crippen LogP contribution is -2.37. The molecule has 4 nitrogen and oxygen atoms in total. The van der Waals surface area contributed by atoms with Crippen molar-refractivity contribution in [1.82, 2.24) is 9.50 Å². The summed E-state index contributed by atoms with van der Waals surface area (Å²) in [7, 11) is 0. The van der Waals surface area contributed by atoms with Gasteiger partial charge in [0.1, 0.15) is 5.35 Å². The number of aryl methyl sites for hydroxylation is 1. The number of hydrogen-bond donors (Lipinski definition) is 0. The molecule has 0 aliphatic heterocycles. The third kappa shape index (κ3) is 2.15. The average molecular weight is 315 g/mol.